The summed E-state index contributed by atoms with van der Waals surface area (Å²) < 4.78 is 31.3. The Morgan fingerprint density at radius 2 is 2.00 bits per heavy atom. The molecule has 0 bridgehead atoms. The molecule has 0 saturated carbocycles. The van der Waals surface area contributed by atoms with Crippen LogP contribution >= 0.6 is 0 Å². The Morgan fingerprint density at radius 3 is 2.53 bits per heavy atom. The van der Waals surface area contributed by atoms with Gasteiger partial charge in [0.1, 0.15) is 11.6 Å². The van der Waals surface area contributed by atoms with Gasteiger partial charge in [-0.2, -0.15) is 0 Å². The molecular weight excluding hydrogens is 228 g/mol. The van der Waals surface area contributed by atoms with Gasteiger partial charge in [-0.25, -0.2) is 8.78 Å². The van der Waals surface area contributed by atoms with Crippen molar-refractivity contribution in [1.29, 1.82) is 0 Å². The Morgan fingerprint density at radius 1 is 1.41 bits per heavy atom. The smallest absolute Gasteiger partial charge is 0.154 e. The predicted octanol–water partition coefficient (Wildman–Crippen LogP) is 1.44. The Labute approximate surface area is 98.6 Å². The quantitative estimate of drug-likeness (QED) is 0.822. The number of hydrogen-bond donors (Lipinski definition) is 1. The Kier molecular flexibility index (Phi) is 5.18. The summed E-state index contributed by atoms with van der Waals surface area (Å²) in [6, 6.07) is 2.73. The third-order valence-electron chi connectivity index (χ3n) is 2.46. The Hall–Kier alpha value is -1.33. The molecule has 0 heterocycles. The molecule has 0 aliphatic rings. The van der Waals surface area contributed by atoms with Crippen molar-refractivity contribution >= 4 is 5.78 Å². The monoisotopic (exact) mass is 243 g/mol. The van der Waals surface area contributed by atoms with E-state index in [-0.39, 0.29) is 12.0 Å². The molecule has 17 heavy (non-hydrogen) atoms. The number of carbonyl (C=O) groups is 1. The van der Waals surface area contributed by atoms with Crippen LogP contribution in [0.2, 0.25) is 0 Å². The van der Waals surface area contributed by atoms with Crippen molar-refractivity contribution in [2.45, 2.75) is 18.9 Å². The zero-order valence-electron chi connectivity index (χ0n) is 9.58. The second-order valence-corrected chi connectivity index (χ2v) is 3.73. The fourth-order valence-electron chi connectivity index (χ4n) is 1.41. The lowest BCUT2D eigenvalue weighted by Gasteiger charge is -2.10. The van der Waals surface area contributed by atoms with Gasteiger partial charge in [-0.15, -0.1) is 0 Å². The van der Waals surface area contributed by atoms with Crippen LogP contribution in [0.3, 0.4) is 0 Å². The maximum Gasteiger partial charge on any atom is 0.154 e. The first-order chi connectivity index (χ1) is 8.06. The minimum absolute atomic E-state index is 0.231. The fraction of sp³-hybridized carbons (Fsp3) is 0.417. The van der Waals surface area contributed by atoms with E-state index in [4.69, 9.17) is 10.5 Å². The second-order valence-electron chi connectivity index (χ2n) is 3.73. The molecule has 0 radical (unpaired) electrons. The summed E-state index contributed by atoms with van der Waals surface area (Å²) >= 11 is 0. The van der Waals surface area contributed by atoms with Gasteiger partial charge in [0.05, 0.1) is 6.04 Å². The normalized spacial score (nSPS) is 12.5. The highest BCUT2D eigenvalue weighted by Crippen LogP contribution is 2.13. The molecule has 0 fully saturated rings. The van der Waals surface area contributed by atoms with Crippen molar-refractivity contribution in [3.63, 3.8) is 0 Å². The van der Waals surface area contributed by atoms with Gasteiger partial charge >= 0.3 is 0 Å². The van der Waals surface area contributed by atoms with E-state index in [0.29, 0.717) is 13.0 Å². The van der Waals surface area contributed by atoms with Crippen LogP contribution in [0, 0.1) is 11.6 Å². The summed E-state index contributed by atoms with van der Waals surface area (Å²) in [6.07, 6.45) is 0.00872. The van der Waals surface area contributed by atoms with Gasteiger partial charge in [0.2, 0.25) is 0 Å². The molecule has 1 rings (SSSR count). The summed E-state index contributed by atoms with van der Waals surface area (Å²) in [5, 5.41) is 0. The lowest BCUT2D eigenvalue weighted by molar-refractivity contribution is -0.120. The summed E-state index contributed by atoms with van der Waals surface area (Å²) in [4.78, 5) is 11.6. The molecular formula is C12H15F2NO2. The highest BCUT2D eigenvalue weighted by atomic mass is 19.1. The van der Waals surface area contributed by atoms with Crippen molar-refractivity contribution in [3.05, 3.63) is 35.4 Å². The van der Waals surface area contributed by atoms with Crippen LogP contribution in [-0.4, -0.2) is 25.5 Å². The van der Waals surface area contributed by atoms with Crippen LogP contribution < -0.4 is 5.73 Å². The van der Waals surface area contributed by atoms with E-state index >= 15 is 0 Å². The van der Waals surface area contributed by atoms with Gasteiger partial charge < -0.3 is 10.5 Å². The minimum Gasteiger partial charge on any atom is -0.385 e. The van der Waals surface area contributed by atoms with Crippen molar-refractivity contribution in [2.24, 2.45) is 5.73 Å². The van der Waals surface area contributed by atoms with Crippen LogP contribution in [0.4, 0.5) is 8.78 Å². The largest absolute Gasteiger partial charge is 0.385 e. The van der Waals surface area contributed by atoms with E-state index in [1.54, 1.807) is 0 Å². The number of nitrogens with two attached hydrogens (primary N) is 1. The number of methoxy groups -OCH3 is 1. The van der Waals surface area contributed by atoms with Crippen LogP contribution in [0.5, 0.6) is 0 Å². The number of carbonyl (C=O) groups excluding carboxylic acids is 1. The standard InChI is InChI=1S/C12H15F2NO2/c1-17-6-5-11(15)12(16)7-8-9(13)3-2-4-10(8)14/h2-4,11H,5-7,15H2,1H3. The molecule has 0 amide bonds. The number of halogens is 2. The SMILES string of the molecule is COCCC(N)C(=O)Cc1c(F)cccc1F. The lowest BCUT2D eigenvalue weighted by Crippen LogP contribution is -2.33. The summed E-state index contributed by atoms with van der Waals surface area (Å²) in [5.41, 5.74) is 5.35. The molecule has 1 atom stereocenters. The van der Waals surface area contributed by atoms with E-state index in [2.05, 4.69) is 0 Å². The van der Waals surface area contributed by atoms with Gasteiger partial charge in [0, 0.05) is 25.7 Å². The second kappa shape index (κ2) is 6.42. The first kappa shape index (κ1) is 13.7. The van der Waals surface area contributed by atoms with Gasteiger partial charge in [-0.3, -0.25) is 4.79 Å². The van der Waals surface area contributed by atoms with E-state index in [0.717, 1.165) is 12.1 Å². The Bertz CT molecular complexity index is 376. The fourth-order valence-corrected chi connectivity index (χ4v) is 1.41. The van der Waals surface area contributed by atoms with Crippen LogP contribution in [0.25, 0.3) is 0 Å². The first-order valence-electron chi connectivity index (χ1n) is 5.26. The molecule has 94 valence electrons. The van der Waals surface area contributed by atoms with Gasteiger partial charge in [-0.05, 0) is 18.6 Å². The van der Waals surface area contributed by atoms with E-state index < -0.39 is 23.5 Å². The van der Waals surface area contributed by atoms with E-state index in [1.807, 2.05) is 0 Å². The maximum absolute atomic E-state index is 13.3. The minimum atomic E-state index is -0.756. The number of ether oxygens (including phenoxy) is 1. The molecule has 1 aromatic carbocycles. The van der Waals surface area contributed by atoms with Crippen molar-refractivity contribution < 1.29 is 18.3 Å². The number of Topliss-reactive ketones (excluding diaryl/α,β-unsaturated/α-hetero) is 1. The lowest BCUT2D eigenvalue weighted by atomic mass is 10.0. The number of hydrogen-bond acceptors (Lipinski definition) is 3. The summed E-state index contributed by atoms with van der Waals surface area (Å²) in [6.45, 7) is 0.340. The number of benzene rings is 1. The average Bonchev–Trinajstić information content (AvgIpc) is 2.30. The summed E-state index contributed by atoms with van der Waals surface area (Å²) in [7, 11) is 1.49. The van der Waals surface area contributed by atoms with Crippen molar-refractivity contribution in [1.82, 2.24) is 0 Å². The predicted molar refractivity (Wildman–Crippen MR) is 59.5 cm³/mol. The average molecular weight is 243 g/mol. The van der Waals surface area contributed by atoms with Gasteiger partial charge in [-0.1, -0.05) is 6.07 Å². The number of ketones is 1. The third kappa shape index (κ3) is 3.87. The third-order valence-corrected chi connectivity index (χ3v) is 2.46. The molecule has 0 aromatic heterocycles. The number of rotatable bonds is 6. The highest BCUT2D eigenvalue weighted by molar-refractivity contribution is 5.85. The molecule has 0 aliphatic heterocycles. The molecule has 0 saturated heterocycles. The molecule has 1 unspecified atom stereocenters. The summed E-state index contributed by atoms with van der Waals surface area (Å²) in [5.74, 6) is -1.85. The van der Waals surface area contributed by atoms with Crippen LogP contribution in [0.15, 0.2) is 18.2 Å². The van der Waals surface area contributed by atoms with Crippen LogP contribution in [0.1, 0.15) is 12.0 Å². The van der Waals surface area contributed by atoms with Gasteiger partial charge in [0.25, 0.3) is 0 Å². The zero-order chi connectivity index (χ0) is 12.8. The molecule has 3 nitrogen and oxygen atoms in total. The Balaban J connectivity index is 2.68. The maximum atomic E-state index is 13.3. The molecule has 2 N–H and O–H groups in total. The van der Waals surface area contributed by atoms with Crippen molar-refractivity contribution in [2.75, 3.05) is 13.7 Å². The van der Waals surface area contributed by atoms with E-state index in [1.165, 1.54) is 13.2 Å². The highest BCUT2D eigenvalue weighted by Gasteiger charge is 2.18. The zero-order valence-corrected chi connectivity index (χ0v) is 9.58. The van der Waals surface area contributed by atoms with Crippen LogP contribution in [-0.2, 0) is 16.0 Å². The van der Waals surface area contributed by atoms with E-state index in [9.17, 15) is 13.6 Å². The molecule has 5 heteroatoms. The topological polar surface area (TPSA) is 52.3 Å². The molecule has 1 aromatic rings. The molecule has 0 spiro atoms. The van der Waals surface area contributed by atoms with Crippen molar-refractivity contribution in [3.8, 4) is 0 Å². The first-order valence-corrected chi connectivity index (χ1v) is 5.26. The van der Waals surface area contributed by atoms with Gasteiger partial charge in [0.15, 0.2) is 5.78 Å². The molecule has 0 aliphatic carbocycles.